The van der Waals surface area contributed by atoms with Crippen molar-refractivity contribution in [3.63, 3.8) is 0 Å². The van der Waals surface area contributed by atoms with E-state index in [1.807, 2.05) is 43.3 Å². The van der Waals surface area contributed by atoms with E-state index in [1.54, 1.807) is 25.1 Å². The highest BCUT2D eigenvalue weighted by atomic mass is 16.5. The van der Waals surface area contributed by atoms with Gasteiger partial charge in [-0.25, -0.2) is 14.4 Å². The highest BCUT2D eigenvalue weighted by Gasteiger charge is 2.39. The molecule has 414 valence electrons. The van der Waals surface area contributed by atoms with Gasteiger partial charge in [-0.1, -0.05) is 108 Å². The maximum absolute atomic E-state index is 10.7. The van der Waals surface area contributed by atoms with E-state index < -0.39 is 41.8 Å². The summed E-state index contributed by atoms with van der Waals surface area (Å²) < 4.78 is 19.4. The van der Waals surface area contributed by atoms with Crippen molar-refractivity contribution in [1.82, 2.24) is 0 Å². The van der Waals surface area contributed by atoms with Crippen LogP contribution in [0.4, 0.5) is 0 Å². The molecule has 0 amide bonds. The van der Waals surface area contributed by atoms with Crippen LogP contribution in [0.25, 0.3) is 10.8 Å². The van der Waals surface area contributed by atoms with Crippen molar-refractivity contribution < 1.29 is 88.3 Å². The second-order valence-electron chi connectivity index (χ2n) is 19.0. The molecule has 18 heteroatoms. The molecule has 7 rings (SSSR count). The summed E-state index contributed by atoms with van der Waals surface area (Å²) in [5.41, 5.74) is 0.0989. The molecule has 0 saturated heterocycles. The van der Waals surface area contributed by atoms with Crippen LogP contribution in [-0.2, 0) is 33.5 Å². The minimum Gasteiger partial charge on any atom is -0.497 e. The van der Waals surface area contributed by atoms with Crippen LogP contribution in [0, 0.1) is 35.5 Å². The Kier molecular flexibility index (Phi) is 33.8. The van der Waals surface area contributed by atoms with E-state index in [-0.39, 0.29) is 24.7 Å². The van der Waals surface area contributed by atoms with Crippen molar-refractivity contribution in [2.24, 2.45) is 35.5 Å². The van der Waals surface area contributed by atoms with Crippen LogP contribution in [0.1, 0.15) is 153 Å². The molecule has 2 atom stereocenters. The average molecular weight is 1040 g/mol. The highest BCUT2D eigenvalue weighted by molar-refractivity contribution is 5.91. The van der Waals surface area contributed by atoms with Crippen LogP contribution in [0.2, 0.25) is 0 Å². The number of aliphatic carboxylic acids is 6. The molecule has 74 heavy (non-hydrogen) atoms. The molecule has 3 aromatic rings. The lowest BCUT2D eigenvalue weighted by atomic mass is 9.81. The molecule has 18 nitrogen and oxygen atoms in total. The Morgan fingerprint density at radius 3 is 1.57 bits per heavy atom. The first kappa shape index (κ1) is 65.6. The molecule has 4 saturated carbocycles. The molecular formula is C56H82O18. The largest absolute Gasteiger partial charge is 0.497 e. The molecule has 0 heterocycles. The number of carboxylic acids is 7. The molecule has 7 N–H and O–H groups in total. The van der Waals surface area contributed by atoms with Crippen molar-refractivity contribution in [3.05, 3.63) is 66.2 Å². The third-order valence-electron chi connectivity index (χ3n) is 12.9. The predicted molar refractivity (Wildman–Crippen MR) is 278 cm³/mol. The van der Waals surface area contributed by atoms with E-state index in [2.05, 4.69) is 11.7 Å². The zero-order valence-electron chi connectivity index (χ0n) is 43.9. The van der Waals surface area contributed by atoms with Crippen LogP contribution in [-0.4, -0.2) is 112 Å². The Balaban J connectivity index is 0.000000438. The minimum atomic E-state index is -1.03. The van der Waals surface area contributed by atoms with Crippen molar-refractivity contribution in [1.29, 1.82) is 0 Å². The molecule has 0 bridgehead atoms. The maximum Gasteiger partial charge on any atom is 0.341 e. The summed E-state index contributed by atoms with van der Waals surface area (Å²) >= 11 is 0. The van der Waals surface area contributed by atoms with E-state index in [9.17, 15) is 33.6 Å². The first-order valence-corrected chi connectivity index (χ1v) is 25.7. The van der Waals surface area contributed by atoms with Gasteiger partial charge in [0.1, 0.15) is 29.4 Å². The van der Waals surface area contributed by atoms with Gasteiger partial charge in [0, 0.05) is 31.3 Å². The Labute approximate surface area is 435 Å². The van der Waals surface area contributed by atoms with Gasteiger partial charge < -0.3 is 54.7 Å². The zero-order chi connectivity index (χ0) is 55.4. The van der Waals surface area contributed by atoms with E-state index >= 15 is 0 Å². The first-order chi connectivity index (χ1) is 35.2. The molecule has 0 aromatic heterocycles. The molecule has 4 aliphatic rings. The number of fused-ring (bicyclic) bond motifs is 1. The molecule has 0 spiro atoms. The fraction of sp³-hybridized carbons (Fsp3) is 0.589. The van der Waals surface area contributed by atoms with Gasteiger partial charge in [-0.05, 0) is 111 Å². The number of aromatic carboxylic acids is 1. The smallest absolute Gasteiger partial charge is 0.341 e. The van der Waals surface area contributed by atoms with Crippen molar-refractivity contribution in [2.75, 3.05) is 34.0 Å². The summed E-state index contributed by atoms with van der Waals surface area (Å²) in [5, 5.41) is 60.8. The quantitative estimate of drug-likeness (QED) is 0.0623. The Hall–Kier alpha value is -6.43. The molecule has 4 aliphatic carbocycles. The fourth-order valence-corrected chi connectivity index (χ4v) is 8.56. The molecule has 3 aromatic carbocycles. The Bertz CT molecular complexity index is 2110. The van der Waals surface area contributed by atoms with Crippen LogP contribution >= 0.6 is 0 Å². The SMILES string of the molecule is CC1CC1C(=O)O.CC1CCC(CC(=O)O)CC1.CCOCC(=O)O.COc1ccc(OC)c(C(=O)O)c1.O=C(O)CC1CCCC1.O=C(O)CCCC1CCCCC1.O=C(O)COc1cccc2ccccc12. The molecule has 0 aliphatic heterocycles. The predicted octanol–water partition coefficient (Wildman–Crippen LogP) is 11.3. The van der Waals surface area contributed by atoms with Crippen molar-refractivity contribution in [3.8, 4) is 17.2 Å². The Morgan fingerprint density at radius 1 is 0.568 bits per heavy atom. The van der Waals surface area contributed by atoms with E-state index in [1.165, 1.54) is 78.1 Å². The standard InChI is InChI=1S/C12H10O3.C10H18O2.C9H10O4.C9H16O2.C7H12O2.C5H8O2.C4H8O3/c13-12(14)8-15-11-7-3-5-9-4-1-2-6-10(9)11;11-10(12)8-4-7-9-5-2-1-3-6-9;1-12-6-3-4-8(13-2)7(5-6)9(10)11;1-7-2-4-8(5-3-7)6-9(10)11;8-7(9)5-6-3-1-2-4-6;1-3-2-4(3)5(6)7;1-2-7-3-4(5)6/h1-7H,8H2,(H,13,14);9H,1-8H2,(H,11,12);3-5H,1-2H3,(H,10,11);7-8H,2-6H2,1H3,(H,10,11);6H,1-5H2,(H,8,9);3-4H,2H2,1H3,(H,6,7);2-3H2,1H3,(H,5,6). The van der Waals surface area contributed by atoms with Crippen LogP contribution < -0.4 is 14.2 Å². The van der Waals surface area contributed by atoms with Gasteiger partial charge in [-0.3, -0.25) is 19.2 Å². The fourth-order valence-electron chi connectivity index (χ4n) is 8.56. The summed E-state index contributed by atoms with van der Waals surface area (Å²) in [6.45, 7) is 5.93. The molecule has 4 fully saturated rings. The lowest BCUT2D eigenvalue weighted by Crippen LogP contribution is -2.15. The van der Waals surface area contributed by atoms with Crippen LogP contribution in [0.3, 0.4) is 0 Å². The number of carbonyl (C=O) groups is 7. The topological polar surface area (TPSA) is 298 Å². The third kappa shape index (κ3) is 31.2. The first-order valence-electron chi connectivity index (χ1n) is 25.7. The van der Waals surface area contributed by atoms with E-state index in [0.717, 1.165) is 67.6 Å². The van der Waals surface area contributed by atoms with Crippen molar-refractivity contribution >= 4 is 52.6 Å². The normalized spacial score (nSPS) is 18.4. The number of ether oxygens (including phenoxy) is 4. The van der Waals surface area contributed by atoms with E-state index in [4.69, 9.17) is 50.0 Å². The highest BCUT2D eigenvalue weighted by Crippen LogP contribution is 2.37. The van der Waals surface area contributed by atoms with Crippen molar-refractivity contribution in [2.45, 2.75) is 143 Å². The summed E-state index contributed by atoms with van der Waals surface area (Å²) in [6.07, 6.45) is 20.2. The lowest BCUT2D eigenvalue weighted by Gasteiger charge is -2.24. The second kappa shape index (κ2) is 38.2. The molecule has 0 radical (unpaired) electrons. The number of methoxy groups -OCH3 is 2. The van der Waals surface area contributed by atoms with Gasteiger partial charge in [-0.15, -0.1) is 0 Å². The lowest BCUT2D eigenvalue weighted by molar-refractivity contribution is -0.142. The van der Waals surface area contributed by atoms with Gasteiger partial charge in [0.05, 0.1) is 20.1 Å². The second-order valence-corrected chi connectivity index (χ2v) is 19.0. The average Bonchev–Trinajstić information content (AvgIpc) is 3.90. The summed E-state index contributed by atoms with van der Waals surface area (Å²) in [7, 11) is 2.90. The van der Waals surface area contributed by atoms with Crippen LogP contribution in [0.5, 0.6) is 17.2 Å². The number of hydrogen-bond acceptors (Lipinski definition) is 11. The summed E-state index contributed by atoms with van der Waals surface area (Å²) in [5.74, 6) is -1.01. The van der Waals surface area contributed by atoms with Gasteiger partial charge in [-0.2, -0.15) is 0 Å². The van der Waals surface area contributed by atoms with Gasteiger partial charge >= 0.3 is 41.8 Å². The Morgan fingerprint density at radius 2 is 1.11 bits per heavy atom. The van der Waals surface area contributed by atoms with Gasteiger partial charge in [0.25, 0.3) is 0 Å². The molecular weight excluding hydrogens is 961 g/mol. The molecule has 2 unspecified atom stereocenters. The summed E-state index contributed by atoms with van der Waals surface area (Å²) in [4.78, 5) is 71.4. The van der Waals surface area contributed by atoms with Crippen LogP contribution in [0.15, 0.2) is 60.7 Å². The monoisotopic (exact) mass is 1040 g/mol. The summed E-state index contributed by atoms with van der Waals surface area (Å²) in [6, 6.07) is 17.9. The third-order valence-corrected chi connectivity index (χ3v) is 12.9. The number of benzene rings is 3. The zero-order valence-corrected chi connectivity index (χ0v) is 43.9. The maximum atomic E-state index is 10.7. The van der Waals surface area contributed by atoms with E-state index in [0.29, 0.717) is 60.9 Å². The number of carboxylic acid groups (broad SMARTS) is 7. The number of hydrogen-bond donors (Lipinski definition) is 7. The van der Waals surface area contributed by atoms with Gasteiger partial charge in [0.2, 0.25) is 0 Å². The minimum absolute atomic E-state index is 0.0139. The van der Waals surface area contributed by atoms with Gasteiger partial charge in [0.15, 0.2) is 6.61 Å². The number of rotatable bonds is 18.